The first-order valence-electron chi connectivity index (χ1n) is 7.51. The summed E-state index contributed by atoms with van der Waals surface area (Å²) in [5, 5.41) is 6.73. The van der Waals surface area contributed by atoms with Gasteiger partial charge in [-0.3, -0.25) is 14.4 Å². The van der Waals surface area contributed by atoms with E-state index >= 15 is 0 Å². The Balaban J connectivity index is 1.97. The highest BCUT2D eigenvalue weighted by Gasteiger charge is 2.40. The van der Waals surface area contributed by atoms with E-state index in [0.717, 1.165) is 11.6 Å². The standard InChI is InChI=1S/C16H17F3N4O/c1-22-9-11(8-21-22)10-23-7-6-20-15(24)14(23)12-4-2-3-5-13(12)16(17,18)19/h2-5,8-9,14H,6-7,10H2,1H3,(H,20,24). The molecule has 3 rings (SSSR count). The normalized spacial score (nSPS) is 19.3. The monoisotopic (exact) mass is 338 g/mol. The Hall–Kier alpha value is -2.35. The molecule has 128 valence electrons. The van der Waals surface area contributed by atoms with Crippen molar-refractivity contribution in [2.45, 2.75) is 18.8 Å². The average molecular weight is 338 g/mol. The fourth-order valence-corrected chi connectivity index (χ4v) is 3.00. The van der Waals surface area contributed by atoms with Gasteiger partial charge in [-0.1, -0.05) is 18.2 Å². The molecular weight excluding hydrogens is 321 g/mol. The lowest BCUT2D eigenvalue weighted by atomic mass is 9.96. The van der Waals surface area contributed by atoms with E-state index in [1.165, 1.54) is 18.2 Å². The third kappa shape index (κ3) is 3.28. The SMILES string of the molecule is Cn1cc(CN2CCNC(=O)C2c2ccccc2C(F)(F)F)cn1. The second kappa shape index (κ2) is 6.27. The molecule has 1 N–H and O–H groups in total. The van der Waals surface area contributed by atoms with Gasteiger partial charge in [0.15, 0.2) is 0 Å². The molecule has 2 heterocycles. The molecule has 0 spiro atoms. The molecule has 1 aromatic heterocycles. The highest BCUT2D eigenvalue weighted by atomic mass is 19.4. The Morgan fingerprint density at radius 1 is 1.33 bits per heavy atom. The van der Waals surface area contributed by atoms with Crippen LogP contribution < -0.4 is 5.32 Å². The average Bonchev–Trinajstić information content (AvgIpc) is 2.92. The minimum Gasteiger partial charge on any atom is -0.353 e. The van der Waals surface area contributed by atoms with E-state index < -0.39 is 23.7 Å². The van der Waals surface area contributed by atoms with Gasteiger partial charge in [0.05, 0.1) is 11.8 Å². The van der Waals surface area contributed by atoms with Crippen molar-refractivity contribution in [2.75, 3.05) is 13.1 Å². The summed E-state index contributed by atoms with van der Waals surface area (Å²) in [4.78, 5) is 14.1. The second-order valence-electron chi connectivity index (χ2n) is 5.77. The number of hydrogen-bond acceptors (Lipinski definition) is 3. The van der Waals surface area contributed by atoms with E-state index in [2.05, 4.69) is 10.4 Å². The summed E-state index contributed by atoms with van der Waals surface area (Å²) in [6.07, 6.45) is -1.06. The first kappa shape index (κ1) is 16.5. The lowest BCUT2D eigenvalue weighted by molar-refractivity contribution is -0.140. The number of aromatic nitrogens is 2. The third-order valence-electron chi connectivity index (χ3n) is 4.02. The van der Waals surface area contributed by atoms with Crippen molar-refractivity contribution in [3.63, 3.8) is 0 Å². The molecule has 1 amide bonds. The molecule has 0 saturated carbocycles. The van der Waals surface area contributed by atoms with Gasteiger partial charge in [-0.15, -0.1) is 0 Å². The molecule has 2 aromatic rings. The fourth-order valence-electron chi connectivity index (χ4n) is 3.00. The van der Waals surface area contributed by atoms with Crippen molar-refractivity contribution < 1.29 is 18.0 Å². The zero-order valence-corrected chi connectivity index (χ0v) is 13.0. The molecule has 5 nitrogen and oxygen atoms in total. The molecule has 1 aliphatic heterocycles. The third-order valence-corrected chi connectivity index (χ3v) is 4.02. The lowest BCUT2D eigenvalue weighted by Gasteiger charge is -2.36. The van der Waals surface area contributed by atoms with Crippen LogP contribution in [0.15, 0.2) is 36.7 Å². The lowest BCUT2D eigenvalue weighted by Crippen LogP contribution is -2.49. The van der Waals surface area contributed by atoms with Gasteiger partial charge < -0.3 is 5.32 Å². The van der Waals surface area contributed by atoms with Gasteiger partial charge >= 0.3 is 6.18 Å². The Morgan fingerprint density at radius 2 is 2.08 bits per heavy atom. The van der Waals surface area contributed by atoms with Gasteiger partial charge in [0, 0.05) is 38.4 Å². The van der Waals surface area contributed by atoms with Crippen LogP contribution in [0.25, 0.3) is 0 Å². The number of carbonyl (C=O) groups excluding carboxylic acids is 1. The van der Waals surface area contributed by atoms with Gasteiger partial charge in [-0.2, -0.15) is 18.3 Å². The van der Waals surface area contributed by atoms with Crippen molar-refractivity contribution in [3.05, 3.63) is 53.3 Å². The minimum absolute atomic E-state index is 0.0221. The number of rotatable bonds is 3. The Bertz CT molecular complexity index is 741. The minimum atomic E-state index is -4.51. The van der Waals surface area contributed by atoms with Gasteiger partial charge in [0.1, 0.15) is 6.04 Å². The molecule has 0 aliphatic carbocycles. The molecule has 1 atom stereocenters. The summed E-state index contributed by atoms with van der Waals surface area (Å²) in [5.74, 6) is -0.415. The summed E-state index contributed by atoms with van der Waals surface area (Å²) >= 11 is 0. The topological polar surface area (TPSA) is 50.2 Å². The van der Waals surface area contributed by atoms with Crippen molar-refractivity contribution >= 4 is 5.91 Å². The predicted octanol–water partition coefficient (Wildman–Crippen LogP) is 2.11. The molecular formula is C16H17F3N4O. The summed E-state index contributed by atoms with van der Waals surface area (Å²) in [5.41, 5.74) is 0.0519. The maximum Gasteiger partial charge on any atom is 0.416 e. The van der Waals surface area contributed by atoms with Crippen LogP contribution in [0.2, 0.25) is 0 Å². The van der Waals surface area contributed by atoms with E-state index in [-0.39, 0.29) is 5.56 Å². The highest BCUT2D eigenvalue weighted by Crippen LogP contribution is 2.37. The van der Waals surface area contributed by atoms with Crippen LogP contribution >= 0.6 is 0 Å². The number of carbonyl (C=O) groups is 1. The van der Waals surface area contributed by atoms with Crippen molar-refractivity contribution in [2.24, 2.45) is 7.05 Å². The molecule has 1 saturated heterocycles. The molecule has 1 unspecified atom stereocenters. The number of piperazine rings is 1. The maximum absolute atomic E-state index is 13.3. The number of halogens is 3. The van der Waals surface area contributed by atoms with E-state index in [1.807, 2.05) is 0 Å². The molecule has 24 heavy (non-hydrogen) atoms. The summed E-state index contributed by atoms with van der Waals surface area (Å²) < 4.78 is 41.6. The smallest absolute Gasteiger partial charge is 0.353 e. The van der Waals surface area contributed by atoms with E-state index in [9.17, 15) is 18.0 Å². The van der Waals surface area contributed by atoms with Crippen LogP contribution in [0.5, 0.6) is 0 Å². The number of aryl methyl sites for hydroxylation is 1. The highest BCUT2D eigenvalue weighted by molar-refractivity contribution is 5.84. The molecule has 8 heteroatoms. The predicted molar refractivity (Wildman–Crippen MR) is 80.8 cm³/mol. The van der Waals surface area contributed by atoms with Crippen LogP contribution in [0, 0.1) is 0 Å². The maximum atomic E-state index is 13.3. The summed E-state index contributed by atoms with van der Waals surface area (Å²) in [7, 11) is 1.77. The zero-order valence-electron chi connectivity index (χ0n) is 13.0. The summed E-state index contributed by atoms with van der Waals surface area (Å²) in [6, 6.07) is 4.26. The number of nitrogens with zero attached hydrogens (tertiary/aromatic N) is 3. The molecule has 0 bridgehead atoms. The largest absolute Gasteiger partial charge is 0.416 e. The van der Waals surface area contributed by atoms with E-state index in [0.29, 0.717) is 19.6 Å². The molecule has 1 fully saturated rings. The van der Waals surface area contributed by atoms with Crippen LogP contribution in [-0.4, -0.2) is 33.7 Å². The molecule has 1 aliphatic rings. The Kier molecular flexibility index (Phi) is 4.31. The fraction of sp³-hybridized carbons (Fsp3) is 0.375. The van der Waals surface area contributed by atoms with Gasteiger partial charge in [-0.25, -0.2) is 0 Å². The number of nitrogens with one attached hydrogen (secondary N) is 1. The van der Waals surface area contributed by atoms with Gasteiger partial charge in [0.2, 0.25) is 5.91 Å². The molecule has 1 aromatic carbocycles. The van der Waals surface area contributed by atoms with Crippen LogP contribution in [0.3, 0.4) is 0 Å². The first-order chi connectivity index (χ1) is 11.4. The zero-order chi connectivity index (χ0) is 17.3. The Labute approximate surface area is 137 Å². The second-order valence-corrected chi connectivity index (χ2v) is 5.77. The number of benzene rings is 1. The number of hydrogen-bond donors (Lipinski definition) is 1. The van der Waals surface area contributed by atoms with E-state index in [1.54, 1.807) is 29.0 Å². The Morgan fingerprint density at radius 3 is 2.75 bits per heavy atom. The molecule has 0 radical (unpaired) electrons. The first-order valence-corrected chi connectivity index (χ1v) is 7.51. The number of amides is 1. The van der Waals surface area contributed by atoms with Crippen LogP contribution in [0.1, 0.15) is 22.7 Å². The van der Waals surface area contributed by atoms with Gasteiger partial charge in [-0.05, 0) is 11.6 Å². The van der Waals surface area contributed by atoms with Crippen LogP contribution in [-0.2, 0) is 24.6 Å². The van der Waals surface area contributed by atoms with Crippen molar-refractivity contribution in [1.29, 1.82) is 0 Å². The van der Waals surface area contributed by atoms with E-state index in [4.69, 9.17) is 0 Å². The quantitative estimate of drug-likeness (QED) is 0.933. The van der Waals surface area contributed by atoms with Crippen molar-refractivity contribution in [1.82, 2.24) is 20.0 Å². The number of alkyl halides is 3. The van der Waals surface area contributed by atoms with Crippen LogP contribution in [0.4, 0.5) is 13.2 Å². The summed E-state index contributed by atoms with van der Waals surface area (Å²) in [6.45, 7) is 1.24. The van der Waals surface area contributed by atoms with Gasteiger partial charge in [0.25, 0.3) is 0 Å². The van der Waals surface area contributed by atoms with Crippen molar-refractivity contribution in [3.8, 4) is 0 Å².